The Hall–Kier alpha value is -0.746. The summed E-state index contributed by atoms with van der Waals surface area (Å²) in [5, 5.41) is 24.7. The Kier molecular flexibility index (Phi) is 14.7. The van der Waals surface area contributed by atoms with Crippen LogP contribution in [0, 0.1) is 0 Å². The maximum atomic E-state index is 12.2. The van der Waals surface area contributed by atoms with Crippen molar-refractivity contribution in [1.29, 1.82) is 0 Å². The minimum atomic E-state index is -1.84. The van der Waals surface area contributed by atoms with Gasteiger partial charge in [0.25, 0.3) is 0 Å². The highest BCUT2D eigenvalue weighted by Crippen LogP contribution is 2.67. The molecule has 7 nitrogen and oxygen atoms in total. The van der Waals surface area contributed by atoms with E-state index < -0.39 is 16.6 Å². The third-order valence-electron chi connectivity index (χ3n) is 10.6. The molecule has 0 spiro atoms. The first-order chi connectivity index (χ1) is 18.7. The summed E-state index contributed by atoms with van der Waals surface area (Å²) >= 11 is 0. The fraction of sp³-hybridized carbons (Fsp3) is 0.933. The summed E-state index contributed by atoms with van der Waals surface area (Å²) in [5.41, 5.74) is 0. The topological polar surface area (TPSA) is 108 Å². The number of carbonyl (C=O) groups excluding carboxylic acids is 2. The summed E-state index contributed by atoms with van der Waals surface area (Å²) in [6.45, 7) is 11.6. The molecule has 2 aliphatic heterocycles. The van der Waals surface area contributed by atoms with Crippen molar-refractivity contribution >= 4 is 28.4 Å². The van der Waals surface area contributed by atoms with E-state index in [0.717, 1.165) is 77.3 Å². The van der Waals surface area contributed by atoms with Crippen LogP contribution in [0.4, 0.5) is 0 Å². The molecule has 0 radical (unpaired) electrons. The van der Waals surface area contributed by atoms with Crippen LogP contribution in [0.25, 0.3) is 0 Å². The third kappa shape index (κ3) is 9.12. The van der Waals surface area contributed by atoms with Crippen molar-refractivity contribution in [2.45, 2.75) is 152 Å². The van der Waals surface area contributed by atoms with Crippen LogP contribution in [0.2, 0.25) is 35.3 Å². The highest BCUT2D eigenvalue weighted by atomic mass is 28.4. The normalized spacial score (nSPS) is 29.9. The number of rotatable bonds is 22. The molecule has 2 rings (SSSR count). The molecule has 4 unspecified atom stereocenters. The molecule has 0 aromatic carbocycles. The Balaban J connectivity index is 1.82. The van der Waals surface area contributed by atoms with Gasteiger partial charge in [-0.1, -0.05) is 39.5 Å². The van der Waals surface area contributed by atoms with Gasteiger partial charge < -0.3 is 25.0 Å². The molecule has 0 bridgehead atoms. The van der Waals surface area contributed by atoms with Gasteiger partial charge in [0.2, 0.25) is 11.8 Å². The molecule has 228 valence electrons. The van der Waals surface area contributed by atoms with Gasteiger partial charge in [0.1, 0.15) is 0 Å². The van der Waals surface area contributed by atoms with E-state index in [9.17, 15) is 9.59 Å². The standard InChI is InChI=1S/C30H60N2O5Si2/c1-5-29(17-13-21-31-27(35)15-9-7-11-23-33)19-25-38(29,3)37-39(4)26-20-30(39,6-2)18-14-22-32-28(36)16-10-8-12-24-34/h33-34H,5-26H2,1-4H3,(H,31,35)(H,32,36). The molecule has 39 heavy (non-hydrogen) atoms. The maximum absolute atomic E-state index is 12.2. The van der Waals surface area contributed by atoms with Crippen molar-refractivity contribution in [1.82, 2.24) is 10.6 Å². The van der Waals surface area contributed by atoms with Crippen LogP contribution in [0.5, 0.6) is 0 Å². The zero-order valence-electron chi connectivity index (χ0n) is 25.7. The lowest BCUT2D eigenvalue weighted by molar-refractivity contribution is -0.122. The van der Waals surface area contributed by atoms with E-state index in [1.807, 2.05) is 0 Å². The Bertz CT molecular complexity index is 691. The lowest BCUT2D eigenvalue weighted by Crippen LogP contribution is -2.67. The zero-order valence-corrected chi connectivity index (χ0v) is 27.7. The van der Waals surface area contributed by atoms with Gasteiger partial charge in [-0.05, 0) is 99.5 Å². The number of hydrogen-bond donors (Lipinski definition) is 4. The van der Waals surface area contributed by atoms with Gasteiger partial charge in [-0.25, -0.2) is 0 Å². The quantitative estimate of drug-likeness (QED) is 0.0900. The van der Waals surface area contributed by atoms with Crippen LogP contribution in [0.15, 0.2) is 0 Å². The first kappa shape index (κ1) is 34.5. The van der Waals surface area contributed by atoms with Crippen molar-refractivity contribution in [3.63, 3.8) is 0 Å². The zero-order chi connectivity index (χ0) is 28.8. The van der Waals surface area contributed by atoms with E-state index >= 15 is 0 Å². The molecule has 4 atom stereocenters. The molecule has 4 N–H and O–H groups in total. The van der Waals surface area contributed by atoms with E-state index in [1.54, 1.807) is 0 Å². The molecule has 2 aliphatic rings. The van der Waals surface area contributed by atoms with Crippen LogP contribution in [0.3, 0.4) is 0 Å². The Labute approximate surface area is 240 Å². The van der Waals surface area contributed by atoms with E-state index in [1.165, 1.54) is 37.8 Å². The molecule has 2 fully saturated rings. The molecular formula is C30H60N2O5Si2. The van der Waals surface area contributed by atoms with Crippen LogP contribution in [0.1, 0.15) is 117 Å². The minimum Gasteiger partial charge on any atom is -0.454 e. The third-order valence-corrected chi connectivity index (χ3v) is 22.8. The molecule has 0 aromatic rings. The van der Waals surface area contributed by atoms with E-state index in [0.29, 0.717) is 22.9 Å². The fourth-order valence-electron chi connectivity index (χ4n) is 7.35. The monoisotopic (exact) mass is 584 g/mol. The summed E-state index contributed by atoms with van der Waals surface area (Å²) in [4.78, 5) is 24.3. The second kappa shape index (κ2) is 16.6. The second-order valence-corrected chi connectivity index (χ2v) is 21.7. The van der Waals surface area contributed by atoms with E-state index in [2.05, 4.69) is 37.6 Å². The number of aliphatic hydroxyl groups excluding tert-OH is 2. The average Bonchev–Trinajstić information content (AvgIpc) is 2.92. The molecule has 2 amide bonds. The Morgan fingerprint density at radius 3 is 1.41 bits per heavy atom. The fourth-order valence-corrected chi connectivity index (χ4v) is 20.1. The first-order valence-corrected chi connectivity index (χ1v) is 21.3. The van der Waals surface area contributed by atoms with Crippen LogP contribution >= 0.6 is 0 Å². The number of hydrogen-bond acceptors (Lipinski definition) is 5. The summed E-state index contributed by atoms with van der Waals surface area (Å²) in [6, 6.07) is 2.54. The second-order valence-electron chi connectivity index (χ2n) is 12.8. The highest BCUT2D eigenvalue weighted by Gasteiger charge is 2.65. The van der Waals surface area contributed by atoms with Gasteiger partial charge in [0.05, 0.1) is 0 Å². The maximum Gasteiger partial charge on any atom is 0.219 e. The summed E-state index contributed by atoms with van der Waals surface area (Å²) in [5.74, 6) is 0.284. The van der Waals surface area contributed by atoms with Crippen molar-refractivity contribution in [2.75, 3.05) is 26.3 Å². The van der Waals surface area contributed by atoms with Gasteiger partial charge >= 0.3 is 0 Å². The highest BCUT2D eigenvalue weighted by molar-refractivity contribution is 6.91. The molecule has 9 heteroatoms. The van der Waals surface area contributed by atoms with Crippen molar-refractivity contribution in [3.8, 4) is 0 Å². The number of carbonyl (C=O) groups is 2. The van der Waals surface area contributed by atoms with E-state index in [-0.39, 0.29) is 25.0 Å². The van der Waals surface area contributed by atoms with Gasteiger partial charge in [-0.3, -0.25) is 9.59 Å². The Morgan fingerprint density at radius 2 is 1.10 bits per heavy atom. The minimum absolute atomic E-state index is 0.142. The lowest BCUT2D eigenvalue weighted by Gasteiger charge is -2.65. The smallest absolute Gasteiger partial charge is 0.219 e. The van der Waals surface area contributed by atoms with Crippen molar-refractivity contribution in [3.05, 3.63) is 0 Å². The number of aliphatic hydroxyl groups is 2. The van der Waals surface area contributed by atoms with Crippen molar-refractivity contribution < 1.29 is 23.9 Å². The molecule has 0 aliphatic carbocycles. The predicted molar refractivity (Wildman–Crippen MR) is 165 cm³/mol. The molecule has 0 saturated carbocycles. The lowest BCUT2D eigenvalue weighted by atomic mass is 9.94. The molecule has 0 aromatic heterocycles. The van der Waals surface area contributed by atoms with Gasteiger partial charge in [0, 0.05) is 39.1 Å². The van der Waals surface area contributed by atoms with Gasteiger partial charge in [0.15, 0.2) is 16.6 Å². The summed E-state index contributed by atoms with van der Waals surface area (Å²) < 4.78 is 7.48. The molecule has 2 saturated heterocycles. The molecular weight excluding hydrogens is 525 g/mol. The van der Waals surface area contributed by atoms with Gasteiger partial charge in [-0.15, -0.1) is 0 Å². The number of unbranched alkanes of at least 4 members (excludes halogenated alkanes) is 4. The SMILES string of the molecule is CCC1(CCCNC(=O)CCCCCO)CC[Si]1(C)O[Si]1(C)CCC1(CC)CCCNC(=O)CCCCCO. The summed E-state index contributed by atoms with van der Waals surface area (Å²) in [6.07, 6.45) is 15.5. The first-order valence-electron chi connectivity index (χ1n) is 16.1. The largest absolute Gasteiger partial charge is 0.454 e. The van der Waals surface area contributed by atoms with Crippen LogP contribution in [-0.2, 0) is 13.7 Å². The average molecular weight is 585 g/mol. The number of amides is 2. The molecule has 2 heterocycles. The van der Waals surface area contributed by atoms with Gasteiger partial charge in [-0.2, -0.15) is 0 Å². The predicted octanol–water partition coefficient (Wildman–Crippen LogP) is 6.16. The van der Waals surface area contributed by atoms with Crippen molar-refractivity contribution in [2.24, 2.45) is 0 Å². The number of nitrogens with one attached hydrogen (secondary N) is 2. The van der Waals surface area contributed by atoms with Crippen LogP contribution < -0.4 is 10.6 Å². The van der Waals surface area contributed by atoms with E-state index in [4.69, 9.17) is 14.3 Å². The Morgan fingerprint density at radius 1 is 0.692 bits per heavy atom. The van der Waals surface area contributed by atoms with Crippen LogP contribution in [-0.4, -0.2) is 65.0 Å². The summed E-state index contributed by atoms with van der Waals surface area (Å²) in [7, 11) is -3.69.